The molecule has 0 aromatic carbocycles. The predicted octanol–water partition coefficient (Wildman–Crippen LogP) is 3.32. The topological polar surface area (TPSA) is 70.4 Å². The van der Waals surface area contributed by atoms with Crippen molar-refractivity contribution >= 4 is 41.7 Å². The molecule has 1 aromatic heterocycles. The Labute approximate surface area is 197 Å². The summed E-state index contributed by atoms with van der Waals surface area (Å²) in [6.07, 6.45) is 11.9. The summed E-state index contributed by atoms with van der Waals surface area (Å²) in [5.74, 6) is 2.05. The maximum Gasteiger partial charge on any atom is 0.191 e. The molecule has 2 fully saturated rings. The second kappa shape index (κ2) is 13.0. The van der Waals surface area contributed by atoms with Crippen LogP contribution in [0.5, 0.6) is 0 Å². The van der Waals surface area contributed by atoms with Gasteiger partial charge in [-0.1, -0.05) is 31.5 Å². The number of nitrogens with zero attached hydrogens (tertiary/aromatic N) is 5. The Morgan fingerprint density at radius 2 is 1.97 bits per heavy atom. The maximum absolute atomic E-state index is 4.49. The summed E-state index contributed by atoms with van der Waals surface area (Å²) in [6, 6.07) is 1.24. The zero-order valence-electron chi connectivity index (χ0n) is 18.2. The van der Waals surface area contributed by atoms with Crippen molar-refractivity contribution in [2.24, 2.45) is 4.99 Å². The van der Waals surface area contributed by atoms with Gasteiger partial charge in [-0.3, -0.25) is 9.89 Å². The first-order valence-electron chi connectivity index (χ1n) is 10.9. The summed E-state index contributed by atoms with van der Waals surface area (Å²) in [6.45, 7) is 6.49. The molecule has 1 aliphatic carbocycles. The van der Waals surface area contributed by atoms with Gasteiger partial charge in [0.25, 0.3) is 0 Å². The Kier molecular flexibility index (Phi) is 11.1. The van der Waals surface area contributed by atoms with Crippen LogP contribution in [0.3, 0.4) is 0 Å². The molecule has 9 heteroatoms. The first-order valence-corrected chi connectivity index (χ1v) is 12.2. The van der Waals surface area contributed by atoms with Gasteiger partial charge in [0, 0.05) is 38.6 Å². The Balaban J connectivity index is 0.00000300. The molecular formula is C20H38IN7S. The lowest BCUT2D eigenvalue weighted by Crippen LogP contribution is -2.45. The van der Waals surface area contributed by atoms with Gasteiger partial charge in [0.15, 0.2) is 11.1 Å². The summed E-state index contributed by atoms with van der Waals surface area (Å²) in [7, 11) is 1.85. The van der Waals surface area contributed by atoms with E-state index >= 15 is 0 Å². The minimum atomic E-state index is 0. The summed E-state index contributed by atoms with van der Waals surface area (Å²) in [5.41, 5.74) is 0. The summed E-state index contributed by atoms with van der Waals surface area (Å²) in [4.78, 5) is 6.94. The lowest BCUT2D eigenvalue weighted by molar-refractivity contribution is 0.267. The first-order chi connectivity index (χ1) is 13.8. The molecule has 166 valence electrons. The molecule has 1 aromatic rings. The molecule has 0 spiro atoms. The van der Waals surface area contributed by atoms with Gasteiger partial charge in [-0.05, 0) is 51.4 Å². The van der Waals surface area contributed by atoms with Crippen LogP contribution in [0.2, 0.25) is 0 Å². The highest BCUT2D eigenvalue weighted by molar-refractivity contribution is 14.0. The molecule has 1 unspecified atom stereocenters. The van der Waals surface area contributed by atoms with E-state index in [-0.39, 0.29) is 24.0 Å². The van der Waals surface area contributed by atoms with Crippen molar-refractivity contribution in [1.29, 1.82) is 0 Å². The van der Waals surface area contributed by atoms with Crippen LogP contribution in [-0.4, -0.2) is 71.1 Å². The molecule has 29 heavy (non-hydrogen) atoms. The number of nitrogens with one attached hydrogen (secondary N) is 2. The monoisotopic (exact) mass is 535 g/mol. The van der Waals surface area contributed by atoms with Gasteiger partial charge in [0.2, 0.25) is 0 Å². The van der Waals surface area contributed by atoms with Crippen molar-refractivity contribution in [3.8, 4) is 0 Å². The van der Waals surface area contributed by atoms with Crippen LogP contribution in [0.25, 0.3) is 0 Å². The molecule has 1 saturated carbocycles. The fraction of sp³-hybridized carbons (Fsp3) is 0.850. The minimum Gasteiger partial charge on any atom is -0.356 e. The molecule has 1 saturated heterocycles. The molecule has 1 aliphatic heterocycles. The third-order valence-corrected chi connectivity index (χ3v) is 6.75. The van der Waals surface area contributed by atoms with E-state index in [2.05, 4.69) is 48.5 Å². The molecule has 2 N–H and O–H groups in total. The maximum atomic E-state index is 4.49. The Bertz CT molecular complexity index is 630. The van der Waals surface area contributed by atoms with Crippen molar-refractivity contribution in [1.82, 2.24) is 30.3 Å². The summed E-state index contributed by atoms with van der Waals surface area (Å²) < 4.78 is 2.41. The van der Waals surface area contributed by atoms with Gasteiger partial charge in [-0.25, -0.2) is 0 Å². The van der Waals surface area contributed by atoms with E-state index in [1.807, 2.05) is 7.05 Å². The lowest BCUT2D eigenvalue weighted by atomic mass is 10.2. The van der Waals surface area contributed by atoms with Gasteiger partial charge in [-0.15, -0.1) is 34.2 Å². The number of aliphatic imine (C=N–C) groups is 1. The quantitative estimate of drug-likeness (QED) is 0.166. The number of halogens is 1. The van der Waals surface area contributed by atoms with Crippen LogP contribution in [0.15, 0.2) is 10.1 Å². The third-order valence-electron chi connectivity index (χ3n) is 6.11. The molecule has 0 radical (unpaired) electrons. The second-order valence-corrected chi connectivity index (χ2v) is 8.59. The van der Waals surface area contributed by atoms with Gasteiger partial charge in [0.1, 0.15) is 5.82 Å². The van der Waals surface area contributed by atoms with Crippen molar-refractivity contribution in [3.63, 3.8) is 0 Å². The van der Waals surface area contributed by atoms with Crippen molar-refractivity contribution < 1.29 is 0 Å². The average Bonchev–Trinajstić information content (AvgIpc) is 3.46. The van der Waals surface area contributed by atoms with Crippen LogP contribution >= 0.6 is 35.7 Å². The number of rotatable bonds is 9. The number of likely N-dealkylation sites (N-methyl/N-ethyl adjacent to an activating group) is 1. The number of likely N-dealkylation sites (tertiary alicyclic amines) is 1. The van der Waals surface area contributed by atoms with E-state index in [1.165, 1.54) is 45.1 Å². The first kappa shape index (κ1) is 24.7. The average molecular weight is 536 g/mol. The summed E-state index contributed by atoms with van der Waals surface area (Å²) in [5, 5.41) is 16.9. The number of hydrogen-bond donors (Lipinski definition) is 2. The van der Waals surface area contributed by atoms with Crippen molar-refractivity contribution in [2.75, 3.05) is 39.5 Å². The normalized spacial score (nSPS) is 20.8. The third kappa shape index (κ3) is 6.72. The molecule has 7 nitrogen and oxygen atoms in total. The van der Waals surface area contributed by atoms with Gasteiger partial charge in [-0.2, -0.15) is 0 Å². The zero-order chi connectivity index (χ0) is 19.8. The Morgan fingerprint density at radius 1 is 1.17 bits per heavy atom. The van der Waals surface area contributed by atoms with E-state index in [0.717, 1.165) is 49.4 Å². The molecule has 0 amide bonds. The Morgan fingerprint density at radius 3 is 2.66 bits per heavy atom. The van der Waals surface area contributed by atoms with E-state index in [1.54, 1.807) is 11.8 Å². The number of guanidine groups is 1. The van der Waals surface area contributed by atoms with Crippen LogP contribution in [0, 0.1) is 0 Å². The van der Waals surface area contributed by atoms with Crippen molar-refractivity contribution in [3.05, 3.63) is 5.82 Å². The van der Waals surface area contributed by atoms with Crippen LogP contribution < -0.4 is 10.6 Å². The number of thioether (sulfide) groups is 1. The fourth-order valence-electron chi connectivity index (χ4n) is 4.58. The fourth-order valence-corrected chi connectivity index (χ4v) is 5.15. The molecule has 2 heterocycles. The van der Waals surface area contributed by atoms with Crippen LogP contribution in [0.4, 0.5) is 0 Å². The molecule has 2 aliphatic rings. The largest absolute Gasteiger partial charge is 0.356 e. The highest BCUT2D eigenvalue weighted by atomic mass is 127. The second-order valence-electron chi connectivity index (χ2n) is 7.82. The SMILES string of the molecule is CCN1CCCC1CNC(=NC)NCCCc1nnc(SC)n1C1CCCC1.I. The minimum absolute atomic E-state index is 0. The number of aromatic nitrogens is 3. The number of aryl methyl sites for hydroxylation is 1. The van der Waals surface area contributed by atoms with Gasteiger partial charge < -0.3 is 15.2 Å². The lowest BCUT2D eigenvalue weighted by Gasteiger charge is -2.24. The van der Waals surface area contributed by atoms with Crippen LogP contribution in [0.1, 0.15) is 63.7 Å². The van der Waals surface area contributed by atoms with E-state index in [4.69, 9.17) is 0 Å². The Hall–Kier alpha value is -0.550. The van der Waals surface area contributed by atoms with Gasteiger partial charge in [0.05, 0.1) is 0 Å². The smallest absolute Gasteiger partial charge is 0.191 e. The zero-order valence-corrected chi connectivity index (χ0v) is 21.3. The highest BCUT2D eigenvalue weighted by Gasteiger charge is 2.24. The molecular weight excluding hydrogens is 497 g/mol. The predicted molar refractivity (Wildman–Crippen MR) is 133 cm³/mol. The molecule has 3 rings (SSSR count). The standard InChI is InChI=1S/C20H37N7S.HI/c1-4-26-14-8-11-17(26)15-23-19(21-2)22-13-7-12-18-24-25-20(28-3)27(18)16-9-5-6-10-16;/h16-17H,4-15H2,1-3H3,(H2,21,22,23);1H. The van der Waals surface area contributed by atoms with E-state index < -0.39 is 0 Å². The van der Waals surface area contributed by atoms with Gasteiger partial charge >= 0.3 is 0 Å². The number of hydrogen-bond acceptors (Lipinski definition) is 5. The molecule has 1 atom stereocenters. The highest BCUT2D eigenvalue weighted by Crippen LogP contribution is 2.33. The van der Waals surface area contributed by atoms with E-state index in [0.29, 0.717) is 12.1 Å². The molecule has 0 bridgehead atoms. The summed E-state index contributed by atoms with van der Waals surface area (Å²) >= 11 is 1.71. The van der Waals surface area contributed by atoms with Crippen molar-refractivity contribution in [2.45, 2.75) is 75.5 Å². The van der Waals surface area contributed by atoms with E-state index in [9.17, 15) is 0 Å². The van der Waals surface area contributed by atoms with Crippen LogP contribution in [-0.2, 0) is 6.42 Å².